The van der Waals surface area contributed by atoms with E-state index in [4.69, 9.17) is 4.74 Å². The van der Waals surface area contributed by atoms with Crippen LogP contribution in [0.25, 0.3) is 0 Å². The molecule has 0 saturated heterocycles. The predicted molar refractivity (Wildman–Crippen MR) is 110 cm³/mol. The van der Waals surface area contributed by atoms with Crippen LogP contribution in [-0.4, -0.2) is 30.3 Å². The van der Waals surface area contributed by atoms with Gasteiger partial charge < -0.3 is 9.64 Å². The van der Waals surface area contributed by atoms with Crippen molar-refractivity contribution in [3.05, 3.63) is 75.2 Å². The van der Waals surface area contributed by atoms with Gasteiger partial charge in [0.2, 0.25) is 0 Å². The first-order chi connectivity index (χ1) is 13.5. The van der Waals surface area contributed by atoms with Crippen LogP contribution in [0.15, 0.2) is 47.8 Å². The van der Waals surface area contributed by atoms with E-state index in [0.29, 0.717) is 24.2 Å². The summed E-state index contributed by atoms with van der Waals surface area (Å²) >= 11 is 1.49. The van der Waals surface area contributed by atoms with Gasteiger partial charge in [0.25, 0.3) is 5.91 Å². The molecule has 1 aliphatic heterocycles. The van der Waals surface area contributed by atoms with E-state index in [9.17, 15) is 9.59 Å². The van der Waals surface area contributed by atoms with E-state index in [1.165, 1.54) is 11.3 Å². The summed E-state index contributed by atoms with van der Waals surface area (Å²) in [6, 6.07) is 13.4. The van der Waals surface area contributed by atoms with E-state index in [1.807, 2.05) is 41.8 Å². The Balaban J connectivity index is 1.50. The quantitative estimate of drug-likeness (QED) is 0.612. The number of nitrogens with zero attached hydrogens (tertiary/aromatic N) is 2. The fourth-order valence-electron chi connectivity index (χ4n) is 3.38. The number of thiazole rings is 1. The molecule has 4 rings (SSSR count). The predicted octanol–water partition coefficient (Wildman–Crippen LogP) is 4.15. The number of rotatable bonds is 5. The number of aromatic nitrogens is 1. The number of Topliss-reactive ketones (excluding diaryl/α,β-unsaturated/α-hetero) is 1. The highest BCUT2D eigenvalue weighted by Crippen LogP contribution is 2.30. The number of carbonyl (C=O) groups excluding carboxylic acids is 2. The highest BCUT2D eigenvalue weighted by molar-refractivity contribution is 7.09. The van der Waals surface area contributed by atoms with Crippen LogP contribution in [0, 0.1) is 0 Å². The molecule has 0 fully saturated rings. The van der Waals surface area contributed by atoms with Gasteiger partial charge >= 0.3 is 0 Å². The van der Waals surface area contributed by atoms with Crippen molar-refractivity contribution in [1.82, 2.24) is 4.98 Å². The van der Waals surface area contributed by atoms with Gasteiger partial charge in [-0.1, -0.05) is 12.1 Å². The second-order valence-electron chi connectivity index (χ2n) is 6.76. The molecule has 0 unspecified atom stereocenters. The molecule has 142 valence electrons. The SMILES string of the molecule is COc1ccc(Cc2nc(C(=O)N3CCc4cc(C(C)=O)ccc43)cs2)cc1. The molecular weight excluding hydrogens is 372 g/mol. The van der Waals surface area contributed by atoms with Crippen molar-refractivity contribution in [2.45, 2.75) is 19.8 Å². The van der Waals surface area contributed by atoms with Crippen molar-refractivity contribution in [2.75, 3.05) is 18.6 Å². The molecule has 1 aromatic heterocycles. The van der Waals surface area contributed by atoms with Gasteiger partial charge in [-0.3, -0.25) is 9.59 Å². The number of hydrogen-bond donors (Lipinski definition) is 0. The Bertz CT molecular complexity index is 1040. The number of amides is 1. The highest BCUT2D eigenvalue weighted by atomic mass is 32.1. The molecule has 3 aromatic rings. The van der Waals surface area contributed by atoms with Crippen LogP contribution >= 0.6 is 11.3 Å². The van der Waals surface area contributed by atoms with Gasteiger partial charge in [-0.2, -0.15) is 0 Å². The van der Waals surface area contributed by atoms with Gasteiger partial charge in [-0.05, 0) is 54.8 Å². The zero-order chi connectivity index (χ0) is 19.7. The number of fused-ring (bicyclic) bond motifs is 1. The normalized spacial score (nSPS) is 12.7. The molecule has 6 heteroatoms. The van der Waals surface area contributed by atoms with E-state index < -0.39 is 0 Å². The average molecular weight is 392 g/mol. The molecule has 2 aromatic carbocycles. The molecule has 0 radical (unpaired) electrons. The van der Waals surface area contributed by atoms with Crippen LogP contribution in [0.5, 0.6) is 5.75 Å². The third kappa shape index (κ3) is 3.55. The number of hydrogen-bond acceptors (Lipinski definition) is 5. The summed E-state index contributed by atoms with van der Waals surface area (Å²) < 4.78 is 5.18. The highest BCUT2D eigenvalue weighted by Gasteiger charge is 2.27. The maximum Gasteiger partial charge on any atom is 0.277 e. The van der Waals surface area contributed by atoms with Crippen molar-refractivity contribution < 1.29 is 14.3 Å². The minimum Gasteiger partial charge on any atom is -0.497 e. The Labute approximate surface area is 167 Å². The van der Waals surface area contributed by atoms with Crippen LogP contribution in [0.1, 0.15) is 43.9 Å². The second kappa shape index (κ2) is 7.56. The molecule has 0 spiro atoms. The maximum atomic E-state index is 13.0. The summed E-state index contributed by atoms with van der Waals surface area (Å²) in [5, 5.41) is 2.73. The summed E-state index contributed by atoms with van der Waals surface area (Å²) in [6.07, 6.45) is 1.44. The first-order valence-corrected chi connectivity index (χ1v) is 9.96. The minimum atomic E-state index is -0.0912. The second-order valence-corrected chi connectivity index (χ2v) is 7.70. The van der Waals surface area contributed by atoms with Gasteiger partial charge in [0.15, 0.2) is 5.78 Å². The fraction of sp³-hybridized carbons (Fsp3) is 0.227. The summed E-state index contributed by atoms with van der Waals surface area (Å²) in [5.41, 5.74) is 4.19. The fourth-order valence-corrected chi connectivity index (χ4v) is 4.18. The minimum absolute atomic E-state index is 0.0373. The molecule has 28 heavy (non-hydrogen) atoms. The number of benzene rings is 2. The van der Waals surface area contributed by atoms with E-state index in [1.54, 1.807) is 25.0 Å². The lowest BCUT2D eigenvalue weighted by Crippen LogP contribution is -2.29. The van der Waals surface area contributed by atoms with Crippen LogP contribution in [0.2, 0.25) is 0 Å². The van der Waals surface area contributed by atoms with Crippen LogP contribution in [-0.2, 0) is 12.8 Å². The lowest BCUT2D eigenvalue weighted by Gasteiger charge is -2.16. The van der Waals surface area contributed by atoms with Gasteiger partial charge in [0, 0.05) is 29.6 Å². The van der Waals surface area contributed by atoms with Crippen molar-refractivity contribution in [1.29, 1.82) is 0 Å². The van der Waals surface area contributed by atoms with Crippen molar-refractivity contribution in [3.63, 3.8) is 0 Å². The largest absolute Gasteiger partial charge is 0.497 e. The summed E-state index contributed by atoms with van der Waals surface area (Å²) in [5.74, 6) is 0.765. The van der Waals surface area contributed by atoms with Crippen LogP contribution in [0.3, 0.4) is 0 Å². The van der Waals surface area contributed by atoms with E-state index in [2.05, 4.69) is 4.98 Å². The van der Waals surface area contributed by atoms with E-state index in [0.717, 1.165) is 34.0 Å². The number of ether oxygens (including phenoxy) is 1. The third-order valence-electron chi connectivity index (χ3n) is 4.91. The first kappa shape index (κ1) is 18.4. The average Bonchev–Trinajstić information content (AvgIpc) is 3.34. The third-order valence-corrected chi connectivity index (χ3v) is 5.76. The molecule has 0 atom stereocenters. The number of methoxy groups -OCH3 is 1. The molecule has 0 bridgehead atoms. The smallest absolute Gasteiger partial charge is 0.277 e. The van der Waals surface area contributed by atoms with Gasteiger partial charge in [-0.25, -0.2) is 4.98 Å². The van der Waals surface area contributed by atoms with Gasteiger partial charge in [0.05, 0.1) is 12.1 Å². The zero-order valence-electron chi connectivity index (χ0n) is 15.8. The first-order valence-electron chi connectivity index (χ1n) is 9.08. The monoisotopic (exact) mass is 392 g/mol. The molecule has 0 N–H and O–H groups in total. The Hall–Kier alpha value is -2.99. The van der Waals surface area contributed by atoms with E-state index >= 15 is 0 Å². The number of carbonyl (C=O) groups is 2. The van der Waals surface area contributed by atoms with Gasteiger partial charge in [0.1, 0.15) is 11.4 Å². The Kier molecular flexibility index (Phi) is 4.96. The Morgan fingerprint density at radius 2 is 1.96 bits per heavy atom. The van der Waals surface area contributed by atoms with E-state index in [-0.39, 0.29) is 11.7 Å². The summed E-state index contributed by atoms with van der Waals surface area (Å²) in [6.45, 7) is 2.17. The molecule has 0 saturated carbocycles. The molecule has 1 aliphatic rings. The molecule has 2 heterocycles. The molecule has 1 amide bonds. The summed E-state index contributed by atoms with van der Waals surface area (Å²) in [4.78, 5) is 30.8. The lowest BCUT2D eigenvalue weighted by molar-refractivity contribution is 0.0983. The summed E-state index contributed by atoms with van der Waals surface area (Å²) in [7, 11) is 1.64. The van der Waals surface area contributed by atoms with Gasteiger partial charge in [-0.15, -0.1) is 11.3 Å². The lowest BCUT2D eigenvalue weighted by atomic mass is 10.1. The topological polar surface area (TPSA) is 59.5 Å². The number of anilines is 1. The zero-order valence-corrected chi connectivity index (χ0v) is 16.6. The van der Waals surface area contributed by atoms with Crippen molar-refractivity contribution >= 4 is 28.7 Å². The van der Waals surface area contributed by atoms with Crippen molar-refractivity contribution in [3.8, 4) is 5.75 Å². The maximum absolute atomic E-state index is 13.0. The standard InChI is InChI=1S/C22H20N2O3S/c1-14(25)16-5-8-20-17(12-16)9-10-24(20)22(26)19-13-28-21(23-19)11-15-3-6-18(27-2)7-4-15/h3-8,12-13H,9-11H2,1-2H3. The molecular formula is C22H20N2O3S. The molecule has 0 aliphatic carbocycles. The molecule has 5 nitrogen and oxygen atoms in total. The Morgan fingerprint density at radius 3 is 2.68 bits per heavy atom. The van der Waals surface area contributed by atoms with Crippen LogP contribution in [0.4, 0.5) is 5.69 Å². The van der Waals surface area contributed by atoms with Crippen LogP contribution < -0.4 is 9.64 Å². The van der Waals surface area contributed by atoms with Crippen molar-refractivity contribution in [2.24, 2.45) is 0 Å². The number of ketones is 1. The Morgan fingerprint density at radius 1 is 1.18 bits per heavy atom.